The van der Waals surface area contributed by atoms with Gasteiger partial charge in [-0.1, -0.05) is 0 Å². The molecule has 3 heteroatoms. The summed E-state index contributed by atoms with van der Waals surface area (Å²) in [5.41, 5.74) is 0. The molecular formula is C6H14N2O. The lowest BCUT2D eigenvalue weighted by Crippen LogP contribution is -2.24. The zero-order valence-corrected chi connectivity index (χ0v) is 6.05. The number of rotatable bonds is 2. The lowest BCUT2D eigenvalue weighted by molar-refractivity contribution is -0.156. The van der Waals surface area contributed by atoms with Crippen LogP contribution < -0.4 is 5.32 Å². The maximum Gasteiger partial charge on any atom is 0.0929 e. The van der Waals surface area contributed by atoms with Gasteiger partial charge in [0.15, 0.2) is 0 Å². The first-order valence-corrected chi connectivity index (χ1v) is 3.34. The van der Waals surface area contributed by atoms with Gasteiger partial charge in [-0.2, -0.15) is 5.06 Å². The fourth-order valence-corrected chi connectivity index (χ4v) is 1.02. The maximum absolute atomic E-state index is 5.38. The lowest BCUT2D eigenvalue weighted by Gasteiger charge is -2.15. The van der Waals surface area contributed by atoms with E-state index in [-0.39, 0.29) is 0 Å². The summed E-state index contributed by atoms with van der Waals surface area (Å²) in [4.78, 5) is 5.38. The van der Waals surface area contributed by atoms with E-state index in [1.165, 1.54) is 0 Å². The van der Waals surface area contributed by atoms with Gasteiger partial charge < -0.3 is 5.32 Å². The smallest absolute Gasteiger partial charge is 0.0929 e. The molecule has 9 heavy (non-hydrogen) atoms. The molecule has 1 aliphatic rings. The van der Waals surface area contributed by atoms with Crippen LogP contribution in [0.3, 0.4) is 0 Å². The predicted octanol–water partition coefficient (Wildman–Crippen LogP) is -0.159. The van der Waals surface area contributed by atoms with E-state index < -0.39 is 0 Å². The van der Waals surface area contributed by atoms with Crippen molar-refractivity contribution < 1.29 is 4.84 Å². The van der Waals surface area contributed by atoms with Crippen molar-refractivity contribution in [2.24, 2.45) is 0 Å². The zero-order valence-electron chi connectivity index (χ0n) is 6.05. The van der Waals surface area contributed by atoms with Crippen molar-refractivity contribution in [1.82, 2.24) is 10.4 Å². The molecule has 1 heterocycles. The third kappa shape index (κ3) is 2.30. The highest BCUT2D eigenvalue weighted by Gasteiger charge is 2.15. The van der Waals surface area contributed by atoms with Crippen LogP contribution in [0.4, 0.5) is 0 Å². The molecule has 1 rings (SSSR count). The van der Waals surface area contributed by atoms with Crippen molar-refractivity contribution in [1.29, 1.82) is 0 Å². The summed E-state index contributed by atoms with van der Waals surface area (Å²) in [6, 6.07) is 0. The van der Waals surface area contributed by atoms with Crippen molar-refractivity contribution in [3.05, 3.63) is 0 Å². The first-order valence-electron chi connectivity index (χ1n) is 3.34. The van der Waals surface area contributed by atoms with Gasteiger partial charge in [0.05, 0.1) is 6.10 Å². The molecule has 0 radical (unpaired) electrons. The van der Waals surface area contributed by atoms with Gasteiger partial charge in [-0.25, -0.2) is 0 Å². The van der Waals surface area contributed by atoms with E-state index in [4.69, 9.17) is 4.84 Å². The molecule has 1 N–H and O–H groups in total. The molecule has 3 nitrogen and oxygen atoms in total. The van der Waals surface area contributed by atoms with E-state index in [2.05, 4.69) is 5.32 Å². The van der Waals surface area contributed by atoms with Gasteiger partial charge in [0.2, 0.25) is 0 Å². The van der Waals surface area contributed by atoms with E-state index >= 15 is 0 Å². The molecule has 0 amide bonds. The molecule has 1 fully saturated rings. The van der Waals surface area contributed by atoms with Gasteiger partial charge >= 0.3 is 0 Å². The van der Waals surface area contributed by atoms with Gasteiger partial charge in [-0.05, 0) is 13.0 Å². The first-order chi connectivity index (χ1) is 4.29. The zero-order chi connectivity index (χ0) is 6.69. The quantitative estimate of drug-likeness (QED) is 0.526. The highest BCUT2D eigenvalue weighted by atomic mass is 16.7. The Labute approximate surface area is 55.9 Å². The summed E-state index contributed by atoms with van der Waals surface area (Å²) < 4.78 is 0. The van der Waals surface area contributed by atoms with Gasteiger partial charge in [-0.15, -0.1) is 0 Å². The Morgan fingerprint density at radius 1 is 1.56 bits per heavy atom. The van der Waals surface area contributed by atoms with Gasteiger partial charge in [0.1, 0.15) is 0 Å². The second-order valence-corrected chi connectivity index (χ2v) is 2.53. The summed E-state index contributed by atoms with van der Waals surface area (Å²) in [5, 5.41) is 4.99. The minimum Gasteiger partial charge on any atom is -0.314 e. The largest absolute Gasteiger partial charge is 0.314 e. The van der Waals surface area contributed by atoms with Crippen molar-refractivity contribution >= 4 is 0 Å². The minimum absolute atomic E-state index is 0.403. The number of hydroxylamine groups is 2. The summed E-state index contributed by atoms with van der Waals surface area (Å²) in [6.45, 7) is 2.09. The Morgan fingerprint density at radius 2 is 2.33 bits per heavy atom. The number of hydrogen-bond donors (Lipinski definition) is 1. The molecule has 0 aromatic rings. The molecule has 1 aliphatic heterocycles. The standard InChI is InChI=1S/C6H14N2O/c1-8(2)9-6-3-4-7-5-6/h6-7H,3-5H2,1-2H3. The van der Waals surface area contributed by atoms with E-state index in [0.29, 0.717) is 6.10 Å². The van der Waals surface area contributed by atoms with Crippen LogP contribution in [0.2, 0.25) is 0 Å². The van der Waals surface area contributed by atoms with Crippen LogP contribution in [-0.4, -0.2) is 38.4 Å². The van der Waals surface area contributed by atoms with Gasteiger partial charge in [0.25, 0.3) is 0 Å². The van der Waals surface area contributed by atoms with Crippen molar-refractivity contribution in [3.63, 3.8) is 0 Å². The van der Waals surface area contributed by atoms with Gasteiger partial charge in [-0.3, -0.25) is 4.84 Å². The Kier molecular flexibility index (Phi) is 2.45. The van der Waals surface area contributed by atoms with Crippen molar-refractivity contribution in [3.8, 4) is 0 Å². The molecule has 0 aromatic heterocycles. The highest BCUT2D eigenvalue weighted by molar-refractivity contribution is 4.69. The number of nitrogens with zero attached hydrogens (tertiary/aromatic N) is 1. The van der Waals surface area contributed by atoms with Crippen molar-refractivity contribution in [2.45, 2.75) is 12.5 Å². The summed E-state index contributed by atoms with van der Waals surface area (Å²) in [6.07, 6.45) is 1.54. The molecule has 0 bridgehead atoms. The summed E-state index contributed by atoms with van der Waals surface area (Å²) in [5.74, 6) is 0. The Bertz CT molecular complexity index is 79.1. The van der Waals surface area contributed by atoms with Crippen LogP contribution in [-0.2, 0) is 4.84 Å². The Morgan fingerprint density at radius 3 is 2.78 bits per heavy atom. The van der Waals surface area contributed by atoms with Crippen LogP contribution in [0.1, 0.15) is 6.42 Å². The second-order valence-electron chi connectivity index (χ2n) is 2.53. The molecule has 0 saturated carbocycles. The summed E-state index contributed by atoms with van der Waals surface area (Å²) >= 11 is 0. The molecule has 1 atom stereocenters. The third-order valence-corrected chi connectivity index (χ3v) is 1.37. The van der Waals surface area contributed by atoms with E-state index in [9.17, 15) is 0 Å². The monoisotopic (exact) mass is 130 g/mol. The maximum atomic E-state index is 5.38. The third-order valence-electron chi connectivity index (χ3n) is 1.37. The average molecular weight is 130 g/mol. The van der Waals surface area contributed by atoms with Crippen molar-refractivity contribution in [2.75, 3.05) is 27.2 Å². The predicted molar refractivity (Wildman–Crippen MR) is 36.0 cm³/mol. The van der Waals surface area contributed by atoms with Crippen LogP contribution in [0.25, 0.3) is 0 Å². The number of hydrogen-bond acceptors (Lipinski definition) is 3. The van der Waals surface area contributed by atoms with E-state index in [0.717, 1.165) is 19.5 Å². The van der Waals surface area contributed by atoms with Gasteiger partial charge in [0, 0.05) is 20.6 Å². The molecule has 0 aliphatic carbocycles. The van der Waals surface area contributed by atoms with E-state index in [1.54, 1.807) is 5.06 Å². The summed E-state index contributed by atoms with van der Waals surface area (Å²) in [7, 11) is 3.83. The average Bonchev–Trinajstić information content (AvgIpc) is 2.15. The lowest BCUT2D eigenvalue weighted by atomic mass is 10.3. The molecule has 54 valence electrons. The normalized spacial score (nSPS) is 27.7. The van der Waals surface area contributed by atoms with Crippen LogP contribution in [0, 0.1) is 0 Å². The SMILES string of the molecule is CN(C)OC1CCNC1. The second kappa shape index (κ2) is 3.15. The number of nitrogens with one attached hydrogen (secondary N) is 1. The molecule has 1 saturated heterocycles. The molecule has 0 aromatic carbocycles. The highest BCUT2D eigenvalue weighted by Crippen LogP contribution is 2.02. The Hall–Kier alpha value is -0.120. The fraction of sp³-hybridized carbons (Fsp3) is 1.00. The molecular weight excluding hydrogens is 116 g/mol. The van der Waals surface area contributed by atoms with Crippen LogP contribution in [0.15, 0.2) is 0 Å². The topological polar surface area (TPSA) is 24.5 Å². The minimum atomic E-state index is 0.403. The molecule has 0 spiro atoms. The van der Waals surface area contributed by atoms with Crippen LogP contribution >= 0.6 is 0 Å². The first kappa shape index (κ1) is 6.99. The van der Waals surface area contributed by atoms with E-state index in [1.807, 2.05) is 14.1 Å². The van der Waals surface area contributed by atoms with Crippen LogP contribution in [0.5, 0.6) is 0 Å². The molecule has 1 unspecified atom stereocenters. The fourth-order valence-electron chi connectivity index (χ4n) is 1.02. The Balaban J connectivity index is 2.11.